The van der Waals surface area contributed by atoms with Crippen LogP contribution in [0.5, 0.6) is 5.75 Å². The summed E-state index contributed by atoms with van der Waals surface area (Å²) in [4.78, 5) is 24.8. The van der Waals surface area contributed by atoms with Crippen LogP contribution >= 0.6 is 0 Å². The molecule has 162 valence electrons. The Hall–Kier alpha value is -3.07. The number of aryl methyl sites for hydroxylation is 1. The van der Waals surface area contributed by atoms with Gasteiger partial charge in [0.1, 0.15) is 11.6 Å². The van der Waals surface area contributed by atoms with E-state index >= 15 is 0 Å². The van der Waals surface area contributed by atoms with Gasteiger partial charge < -0.3 is 15.4 Å². The molecule has 1 aromatic heterocycles. The molecule has 1 aromatic carbocycles. The van der Waals surface area contributed by atoms with E-state index in [9.17, 15) is 9.59 Å². The maximum atomic E-state index is 12.4. The van der Waals surface area contributed by atoms with Crippen LogP contribution in [0.1, 0.15) is 37.8 Å². The van der Waals surface area contributed by atoms with Crippen molar-refractivity contribution in [2.45, 2.75) is 45.9 Å². The average Bonchev–Trinajstić information content (AvgIpc) is 3.08. The summed E-state index contributed by atoms with van der Waals surface area (Å²) < 4.78 is 6.74. The Labute approximate surface area is 176 Å². The third-order valence-corrected chi connectivity index (χ3v) is 5.28. The molecule has 0 spiro atoms. The third-order valence-electron chi connectivity index (χ3n) is 5.28. The van der Waals surface area contributed by atoms with E-state index in [1.807, 2.05) is 45.0 Å². The lowest BCUT2D eigenvalue weighted by molar-refractivity contribution is -0.130. The van der Waals surface area contributed by atoms with Gasteiger partial charge in [-0.3, -0.25) is 15.4 Å². The summed E-state index contributed by atoms with van der Waals surface area (Å²) in [5, 5.41) is 16.4. The molecule has 2 aromatic rings. The van der Waals surface area contributed by atoms with Crippen molar-refractivity contribution >= 4 is 17.8 Å². The van der Waals surface area contributed by atoms with Gasteiger partial charge in [0.05, 0.1) is 18.7 Å². The van der Waals surface area contributed by atoms with Crippen molar-refractivity contribution in [1.82, 2.24) is 25.7 Å². The number of hydrogen-bond acceptors (Lipinski definition) is 5. The molecule has 9 nitrogen and oxygen atoms in total. The van der Waals surface area contributed by atoms with Crippen LogP contribution in [0.3, 0.4) is 0 Å². The Morgan fingerprint density at radius 1 is 1.30 bits per heavy atom. The molecule has 3 atom stereocenters. The van der Waals surface area contributed by atoms with Crippen molar-refractivity contribution < 1.29 is 14.3 Å². The molecule has 3 amide bonds. The van der Waals surface area contributed by atoms with Gasteiger partial charge in [0.25, 0.3) is 0 Å². The fourth-order valence-electron chi connectivity index (χ4n) is 3.63. The van der Waals surface area contributed by atoms with Crippen molar-refractivity contribution in [3.8, 4) is 5.75 Å². The molecule has 1 saturated heterocycles. The summed E-state index contributed by atoms with van der Waals surface area (Å²) in [6.45, 7) is 6.30. The zero-order valence-electron chi connectivity index (χ0n) is 17.9. The number of benzene rings is 1. The van der Waals surface area contributed by atoms with Crippen molar-refractivity contribution in [2.75, 3.05) is 19.0 Å². The van der Waals surface area contributed by atoms with Gasteiger partial charge in [0.15, 0.2) is 6.29 Å². The van der Waals surface area contributed by atoms with E-state index in [2.05, 4.69) is 26.4 Å². The van der Waals surface area contributed by atoms with E-state index in [1.165, 1.54) is 0 Å². The first kappa shape index (κ1) is 21.6. The quantitative estimate of drug-likeness (QED) is 0.555. The number of rotatable bonds is 7. The molecular formula is C21H30N6O3. The lowest BCUT2D eigenvalue weighted by Gasteiger charge is -2.35. The number of nitrogens with zero attached hydrogens (tertiary/aromatic N) is 2. The van der Waals surface area contributed by atoms with Crippen LogP contribution in [0.25, 0.3) is 0 Å². The number of amides is 3. The molecule has 1 fully saturated rings. The second-order valence-electron chi connectivity index (χ2n) is 7.48. The van der Waals surface area contributed by atoms with Gasteiger partial charge in [-0.1, -0.05) is 19.1 Å². The van der Waals surface area contributed by atoms with Crippen molar-refractivity contribution in [3.63, 3.8) is 0 Å². The Bertz CT molecular complexity index is 879. The number of anilines is 1. The smallest absolute Gasteiger partial charge is 0.320 e. The van der Waals surface area contributed by atoms with Crippen molar-refractivity contribution in [3.05, 3.63) is 41.6 Å². The van der Waals surface area contributed by atoms with Crippen LogP contribution in [-0.2, 0) is 11.2 Å². The van der Waals surface area contributed by atoms with E-state index in [-0.39, 0.29) is 23.9 Å². The Kier molecular flexibility index (Phi) is 6.94. The number of nitrogens with one attached hydrogen (secondary N) is 4. The summed E-state index contributed by atoms with van der Waals surface area (Å²) >= 11 is 0. The highest BCUT2D eigenvalue weighted by molar-refractivity contribution is 5.88. The van der Waals surface area contributed by atoms with Crippen molar-refractivity contribution in [1.29, 1.82) is 0 Å². The fraction of sp³-hybridized carbons (Fsp3) is 0.476. The number of ether oxygens (including phenoxy) is 1. The monoisotopic (exact) mass is 414 g/mol. The number of methoxy groups -OCH3 is 1. The van der Waals surface area contributed by atoms with E-state index in [0.717, 1.165) is 23.4 Å². The minimum absolute atomic E-state index is 0.00410. The van der Waals surface area contributed by atoms with E-state index in [4.69, 9.17) is 4.74 Å². The van der Waals surface area contributed by atoms with E-state index < -0.39 is 6.29 Å². The molecule has 3 unspecified atom stereocenters. The van der Waals surface area contributed by atoms with Crippen LogP contribution < -0.4 is 26.0 Å². The predicted octanol–water partition coefficient (Wildman–Crippen LogP) is 2.15. The van der Waals surface area contributed by atoms with Gasteiger partial charge in [-0.05, 0) is 44.4 Å². The van der Waals surface area contributed by atoms with Crippen LogP contribution in [-0.4, -0.2) is 41.4 Å². The number of hydrogen-bond donors (Lipinski definition) is 4. The van der Waals surface area contributed by atoms with Crippen LogP contribution in [0.4, 0.5) is 10.6 Å². The molecule has 1 aliphatic heterocycles. The number of carbonyl (C=O) groups excluding carboxylic acids is 2. The average molecular weight is 415 g/mol. The summed E-state index contributed by atoms with van der Waals surface area (Å²) in [7, 11) is 1.63. The summed E-state index contributed by atoms with van der Waals surface area (Å²) in [6, 6.07) is 9.18. The van der Waals surface area contributed by atoms with Crippen LogP contribution in [0.2, 0.25) is 0 Å². The first-order valence-electron chi connectivity index (χ1n) is 10.2. The first-order valence-corrected chi connectivity index (χ1v) is 10.2. The van der Waals surface area contributed by atoms with Crippen molar-refractivity contribution in [2.24, 2.45) is 5.92 Å². The molecule has 0 radical (unpaired) electrons. The molecule has 4 N–H and O–H groups in total. The lowest BCUT2D eigenvalue weighted by Crippen LogP contribution is -2.57. The van der Waals surface area contributed by atoms with Gasteiger partial charge in [-0.15, -0.1) is 0 Å². The first-order chi connectivity index (χ1) is 14.4. The normalized spacial score (nSPS) is 21.1. The van der Waals surface area contributed by atoms with Crippen LogP contribution in [0, 0.1) is 12.8 Å². The minimum atomic E-state index is -0.515. The highest BCUT2D eigenvalue weighted by Crippen LogP contribution is 2.21. The lowest BCUT2D eigenvalue weighted by atomic mass is 9.95. The molecule has 1 aliphatic rings. The zero-order valence-corrected chi connectivity index (χ0v) is 17.9. The molecule has 2 heterocycles. The van der Waals surface area contributed by atoms with Gasteiger partial charge in [-0.25, -0.2) is 9.48 Å². The highest BCUT2D eigenvalue weighted by atomic mass is 16.5. The second kappa shape index (κ2) is 9.62. The van der Waals surface area contributed by atoms with Gasteiger partial charge in [0, 0.05) is 18.7 Å². The summed E-state index contributed by atoms with van der Waals surface area (Å²) in [5.74, 6) is 1.21. The maximum Gasteiger partial charge on any atom is 0.320 e. The number of carbonyl (C=O) groups is 2. The molecule has 9 heteroatoms. The molecule has 3 rings (SSSR count). The minimum Gasteiger partial charge on any atom is -0.497 e. The van der Waals surface area contributed by atoms with E-state index in [0.29, 0.717) is 18.8 Å². The molecule has 30 heavy (non-hydrogen) atoms. The molecule has 0 saturated carbocycles. The van der Waals surface area contributed by atoms with Gasteiger partial charge in [-0.2, -0.15) is 5.10 Å². The standard InChI is InChI=1S/C21H30N6O3/c1-5-17-14(3)23-20(25-19(17)28)27-18(12-13(2)26-27)24-21(29)22-11-10-15-6-8-16(30-4)9-7-15/h6-9,12,14,17,20,23H,5,10-11H2,1-4H3,(H,25,28)(H2,22,24,29). The van der Waals surface area contributed by atoms with Gasteiger partial charge >= 0.3 is 6.03 Å². The maximum absolute atomic E-state index is 12.4. The summed E-state index contributed by atoms with van der Waals surface area (Å²) in [6.07, 6.45) is 0.942. The third kappa shape index (κ3) is 5.10. The molecule has 0 aliphatic carbocycles. The summed E-state index contributed by atoms with van der Waals surface area (Å²) in [5.41, 5.74) is 1.84. The number of urea groups is 1. The zero-order chi connectivity index (χ0) is 21.7. The Morgan fingerprint density at radius 2 is 2.03 bits per heavy atom. The predicted molar refractivity (Wildman–Crippen MR) is 114 cm³/mol. The van der Waals surface area contributed by atoms with Gasteiger partial charge in [0.2, 0.25) is 5.91 Å². The van der Waals surface area contributed by atoms with E-state index in [1.54, 1.807) is 17.9 Å². The van der Waals surface area contributed by atoms with Crippen LogP contribution in [0.15, 0.2) is 30.3 Å². The largest absolute Gasteiger partial charge is 0.497 e. The highest BCUT2D eigenvalue weighted by Gasteiger charge is 2.34. The SMILES string of the molecule is CCC1C(=O)NC(n2nc(C)cc2NC(=O)NCCc2ccc(OC)cc2)NC1C. The second-order valence-corrected chi connectivity index (χ2v) is 7.48. The Morgan fingerprint density at radius 3 is 2.67 bits per heavy atom. The molecule has 0 bridgehead atoms. The number of aromatic nitrogens is 2. The molecular weight excluding hydrogens is 384 g/mol. The fourth-order valence-corrected chi connectivity index (χ4v) is 3.63. The Balaban J connectivity index is 1.57. The topological polar surface area (TPSA) is 109 Å².